The van der Waals surface area contributed by atoms with Crippen LogP contribution < -0.4 is 10.1 Å². The Morgan fingerprint density at radius 1 is 1.27 bits per heavy atom. The first kappa shape index (κ1) is 17.4. The van der Waals surface area contributed by atoms with Crippen molar-refractivity contribution in [2.45, 2.75) is 12.8 Å². The maximum Gasteiger partial charge on any atom is 0.257 e. The standard InChI is InChI=1S/C16H21ClN2O2.ClH/c1-21-15-8-13(17)2-3-14(15)16(20)19-6-4-11-9-18-10-12(11)5-7-19;/h2-3,8,11-12,18H,4-7,9-10H2,1H3;1H/t11-,12+;. The Balaban J connectivity index is 0.00000176. The van der Waals surface area contributed by atoms with E-state index in [9.17, 15) is 4.79 Å². The molecule has 2 aliphatic heterocycles. The number of amides is 1. The molecule has 2 heterocycles. The molecule has 0 bridgehead atoms. The number of hydrogen-bond acceptors (Lipinski definition) is 3. The van der Waals surface area contributed by atoms with Crippen LogP contribution in [0.15, 0.2) is 18.2 Å². The molecule has 1 amide bonds. The van der Waals surface area contributed by atoms with Gasteiger partial charge < -0.3 is 15.0 Å². The molecule has 2 saturated heterocycles. The molecular weight excluding hydrogens is 323 g/mol. The van der Waals surface area contributed by atoms with Crippen molar-refractivity contribution in [1.82, 2.24) is 10.2 Å². The van der Waals surface area contributed by atoms with Crippen molar-refractivity contribution in [2.24, 2.45) is 11.8 Å². The number of likely N-dealkylation sites (tertiary alicyclic amines) is 1. The molecule has 6 heteroatoms. The van der Waals surface area contributed by atoms with Gasteiger partial charge in [-0.3, -0.25) is 4.79 Å². The Bertz CT molecular complexity index is 525. The predicted molar refractivity (Wildman–Crippen MR) is 90.2 cm³/mol. The summed E-state index contributed by atoms with van der Waals surface area (Å²) in [7, 11) is 1.57. The molecule has 122 valence electrons. The molecule has 1 N–H and O–H groups in total. The number of carbonyl (C=O) groups is 1. The van der Waals surface area contributed by atoms with Crippen LogP contribution >= 0.6 is 24.0 Å². The van der Waals surface area contributed by atoms with E-state index in [1.807, 2.05) is 4.90 Å². The van der Waals surface area contributed by atoms with Crippen LogP contribution in [0.5, 0.6) is 5.75 Å². The third-order valence-electron chi connectivity index (χ3n) is 4.70. The molecule has 22 heavy (non-hydrogen) atoms. The maximum absolute atomic E-state index is 12.8. The van der Waals surface area contributed by atoms with E-state index in [1.54, 1.807) is 25.3 Å². The fourth-order valence-electron chi connectivity index (χ4n) is 3.43. The Hall–Kier alpha value is -0.970. The quantitative estimate of drug-likeness (QED) is 0.896. The second kappa shape index (κ2) is 7.53. The molecule has 2 aliphatic rings. The average molecular weight is 345 g/mol. The van der Waals surface area contributed by atoms with Gasteiger partial charge in [-0.05, 0) is 56.0 Å². The van der Waals surface area contributed by atoms with E-state index >= 15 is 0 Å². The summed E-state index contributed by atoms with van der Waals surface area (Å²) >= 11 is 5.96. The molecule has 1 aromatic carbocycles. The minimum Gasteiger partial charge on any atom is -0.496 e. The van der Waals surface area contributed by atoms with Gasteiger partial charge in [-0.15, -0.1) is 12.4 Å². The van der Waals surface area contributed by atoms with Crippen molar-refractivity contribution in [2.75, 3.05) is 33.3 Å². The number of ether oxygens (including phenoxy) is 1. The lowest BCUT2D eigenvalue weighted by Gasteiger charge is -2.22. The van der Waals surface area contributed by atoms with Crippen LogP contribution in [0.1, 0.15) is 23.2 Å². The summed E-state index contributed by atoms with van der Waals surface area (Å²) in [5.41, 5.74) is 0.604. The van der Waals surface area contributed by atoms with Crippen molar-refractivity contribution in [1.29, 1.82) is 0 Å². The smallest absolute Gasteiger partial charge is 0.257 e. The van der Waals surface area contributed by atoms with Gasteiger partial charge in [0.05, 0.1) is 12.7 Å². The highest BCUT2D eigenvalue weighted by Gasteiger charge is 2.32. The Labute approximate surface area is 142 Å². The van der Waals surface area contributed by atoms with Crippen molar-refractivity contribution in [3.8, 4) is 5.75 Å². The number of fused-ring (bicyclic) bond motifs is 1. The monoisotopic (exact) mass is 344 g/mol. The van der Waals surface area contributed by atoms with E-state index in [0.717, 1.165) is 50.9 Å². The molecule has 2 fully saturated rings. The summed E-state index contributed by atoms with van der Waals surface area (Å²) < 4.78 is 5.30. The lowest BCUT2D eigenvalue weighted by Crippen LogP contribution is -2.33. The van der Waals surface area contributed by atoms with E-state index in [1.165, 1.54) is 0 Å². The van der Waals surface area contributed by atoms with Crippen LogP contribution in [0, 0.1) is 11.8 Å². The van der Waals surface area contributed by atoms with Crippen molar-refractivity contribution < 1.29 is 9.53 Å². The third kappa shape index (κ3) is 3.50. The zero-order valence-electron chi connectivity index (χ0n) is 12.7. The highest BCUT2D eigenvalue weighted by molar-refractivity contribution is 6.30. The third-order valence-corrected chi connectivity index (χ3v) is 4.94. The number of benzene rings is 1. The highest BCUT2D eigenvalue weighted by atomic mass is 35.5. The summed E-state index contributed by atoms with van der Waals surface area (Å²) in [6, 6.07) is 5.20. The Morgan fingerprint density at radius 3 is 2.50 bits per heavy atom. The Kier molecular flexibility index (Phi) is 5.95. The summed E-state index contributed by atoms with van der Waals surface area (Å²) in [5, 5.41) is 4.04. The van der Waals surface area contributed by atoms with Crippen LogP contribution in [-0.2, 0) is 0 Å². The molecule has 0 aliphatic carbocycles. The van der Waals surface area contributed by atoms with Gasteiger partial charge >= 0.3 is 0 Å². The molecule has 3 rings (SSSR count). The normalized spacial score (nSPS) is 24.2. The van der Waals surface area contributed by atoms with Gasteiger partial charge in [0.2, 0.25) is 0 Å². The summed E-state index contributed by atoms with van der Waals surface area (Å²) in [6.45, 7) is 3.84. The zero-order valence-corrected chi connectivity index (χ0v) is 14.3. The lowest BCUT2D eigenvalue weighted by atomic mass is 9.92. The molecular formula is C16H22Cl2N2O2. The topological polar surface area (TPSA) is 41.6 Å². The molecule has 1 aromatic rings. The van der Waals surface area contributed by atoms with Gasteiger partial charge in [0.15, 0.2) is 0 Å². The van der Waals surface area contributed by atoms with Crippen molar-refractivity contribution in [3.63, 3.8) is 0 Å². The van der Waals surface area contributed by atoms with E-state index in [4.69, 9.17) is 16.3 Å². The highest BCUT2D eigenvalue weighted by Crippen LogP contribution is 2.29. The summed E-state index contributed by atoms with van der Waals surface area (Å²) in [4.78, 5) is 14.7. The van der Waals surface area contributed by atoms with Gasteiger partial charge in [0.25, 0.3) is 5.91 Å². The van der Waals surface area contributed by atoms with Gasteiger partial charge in [0.1, 0.15) is 5.75 Å². The van der Waals surface area contributed by atoms with Crippen LogP contribution in [0.3, 0.4) is 0 Å². The minimum absolute atomic E-state index is 0. The van der Waals surface area contributed by atoms with Crippen LogP contribution in [0.25, 0.3) is 0 Å². The molecule has 0 aromatic heterocycles. The second-order valence-corrected chi connectivity index (χ2v) is 6.33. The Morgan fingerprint density at radius 2 is 1.91 bits per heavy atom. The first-order chi connectivity index (χ1) is 10.2. The molecule has 4 nitrogen and oxygen atoms in total. The summed E-state index contributed by atoms with van der Waals surface area (Å²) in [5.74, 6) is 2.04. The lowest BCUT2D eigenvalue weighted by molar-refractivity contribution is 0.0755. The average Bonchev–Trinajstić information content (AvgIpc) is 2.85. The van der Waals surface area contributed by atoms with E-state index in [0.29, 0.717) is 16.3 Å². The van der Waals surface area contributed by atoms with Crippen LogP contribution in [0.2, 0.25) is 5.02 Å². The van der Waals surface area contributed by atoms with Crippen molar-refractivity contribution >= 4 is 29.9 Å². The number of halogens is 2. The number of nitrogens with one attached hydrogen (secondary N) is 1. The number of hydrogen-bond donors (Lipinski definition) is 1. The molecule has 0 spiro atoms. The van der Waals surface area contributed by atoms with E-state index in [2.05, 4.69) is 5.32 Å². The SMILES string of the molecule is COc1cc(Cl)ccc1C(=O)N1CC[C@@H]2CNC[C@@H]2CC1.Cl. The summed E-state index contributed by atoms with van der Waals surface area (Å²) in [6.07, 6.45) is 2.17. The van der Waals surface area contributed by atoms with Gasteiger partial charge in [0, 0.05) is 18.1 Å². The molecule has 0 radical (unpaired) electrons. The van der Waals surface area contributed by atoms with Crippen LogP contribution in [-0.4, -0.2) is 44.1 Å². The number of carbonyl (C=O) groups excluding carboxylic acids is 1. The van der Waals surface area contributed by atoms with Crippen LogP contribution in [0.4, 0.5) is 0 Å². The second-order valence-electron chi connectivity index (χ2n) is 5.89. The van der Waals surface area contributed by atoms with Gasteiger partial charge in [-0.1, -0.05) is 11.6 Å². The molecule has 2 atom stereocenters. The van der Waals surface area contributed by atoms with Gasteiger partial charge in [-0.25, -0.2) is 0 Å². The minimum atomic E-state index is 0. The molecule has 0 unspecified atom stereocenters. The zero-order chi connectivity index (χ0) is 14.8. The largest absolute Gasteiger partial charge is 0.496 e. The number of rotatable bonds is 2. The van der Waals surface area contributed by atoms with E-state index < -0.39 is 0 Å². The number of methoxy groups -OCH3 is 1. The van der Waals surface area contributed by atoms with Crippen molar-refractivity contribution in [3.05, 3.63) is 28.8 Å². The first-order valence-corrected chi connectivity index (χ1v) is 7.90. The molecule has 0 saturated carbocycles. The first-order valence-electron chi connectivity index (χ1n) is 7.52. The fourth-order valence-corrected chi connectivity index (χ4v) is 3.60. The number of nitrogens with zero attached hydrogens (tertiary/aromatic N) is 1. The van der Waals surface area contributed by atoms with E-state index in [-0.39, 0.29) is 18.3 Å². The van der Waals surface area contributed by atoms with Gasteiger partial charge in [-0.2, -0.15) is 0 Å². The predicted octanol–water partition coefficient (Wildman–Crippen LogP) is 2.84. The fraction of sp³-hybridized carbons (Fsp3) is 0.562. The maximum atomic E-state index is 12.8.